The van der Waals surface area contributed by atoms with Crippen LogP contribution < -0.4 is 5.69 Å². The van der Waals surface area contributed by atoms with Crippen molar-refractivity contribution in [1.29, 1.82) is 0 Å². The summed E-state index contributed by atoms with van der Waals surface area (Å²) in [6.07, 6.45) is 6.05. The average molecular weight is 508 g/mol. The molecule has 0 aliphatic carbocycles. The number of aromatic nitrogens is 6. The van der Waals surface area contributed by atoms with E-state index in [9.17, 15) is 4.79 Å². The lowest BCUT2D eigenvalue weighted by Crippen LogP contribution is -2.29. The van der Waals surface area contributed by atoms with Crippen LogP contribution in [0.4, 0.5) is 0 Å². The lowest BCUT2D eigenvalue weighted by molar-refractivity contribution is 0.253. The molecular weight excluding hydrogens is 474 g/mol. The molecule has 1 N–H and O–H groups in total. The first-order valence-electron chi connectivity index (χ1n) is 13.3. The van der Waals surface area contributed by atoms with Gasteiger partial charge in [0, 0.05) is 17.7 Å². The lowest BCUT2D eigenvalue weighted by Gasteiger charge is -2.27. The molecule has 6 rings (SSSR count). The Kier molecular flexibility index (Phi) is 6.41. The molecule has 5 aromatic rings. The maximum atomic E-state index is 12.9. The van der Waals surface area contributed by atoms with Gasteiger partial charge in [-0.15, -0.1) is 0 Å². The van der Waals surface area contributed by atoms with Gasteiger partial charge in [0.25, 0.3) is 0 Å². The zero-order chi connectivity index (χ0) is 26.2. The highest BCUT2D eigenvalue weighted by Gasteiger charge is 2.20. The molecular formula is C30H33N7O. The van der Waals surface area contributed by atoms with Crippen molar-refractivity contribution in [3.05, 3.63) is 94.3 Å². The first-order chi connectivity index (χ1) is 18.5. The second-order valence-electron chi connectivity index (χ2n) is 10.6. The minimum Gasteiger partial charge on any atom is -0.306 e. The molecule has 8 heteroatoms. The van der Waals surface area contributed by atoms with Gasteiger partial charge in [0.1, 0.15) is 5.52 Å². The van der Waals surface area contributed by atoms with E-state index in [1.165, 1.54) is 11.3 Å². The normalized spacial score (nSPS) is 15.1. The summed E-state index contributed by atoms with van der Waals surface area (Å²) in [6.45, 7) is 6.98. The van der Waals surface area contributed by atoms with Crippen molar-refractivity contribution in [1.82, 2.24) is 34.2 Å². The summed E-state index contributed by atoms with van der Waals surface area (Å²) in [6, 6.07) is 18.5. The van der Waals surface area contributed by atoms with Crippen molar-refractivity contribution in [3.8, 4) is 17.1 Å². The van der Waals surface area contributed by atoms with Gasteiger partial charge in [-0.1, -0.05) is 50.2 Å². The van der Waals surface area contributed by atoms with E-state index in [0.29, 0.717) is 35.4 Å². The number of nitrogens with one attached hydrogen (secondary N) is 1. The molecule has 0 unspecified atom stereocenters. The van der Waals surface area contributed by atoms with Crippen LogP contribution in [0.15, 0.2) is 71.8 Å². The van der Waals surface area contributed by atoms with Gasteiger partial charge in [0.15, 0.2) is 11.5 Å². The SMILES string of the molecule is CC(C)c1ccccc1-c1ncc2[nH]c(=O)n(Cc3ccc(-n4ccc(C5CCN(C)CC5)n4)cc3)c2n1. The topological polar surface area (TPSA) is 84.6 Å². The van der Waals surface area contributed by atoms with Crippen LogP contribution in [0.25, 0.3) is 28.2 Å². The smallest absolute Gasteiger partial charge is 0.306 e. The highest BCUT2D eigenvalue weighted by Crippen LogP contribution is 2.28. The summed E-state index contributed by atoms with van der Waals surface area (Å²) in [5, 5.41) is 4.87. The number of hydrogen-bond donors (Lipinski definition) is 1. The molecule has 0 saturated carbocycles. The van der Waals surface area contributed by atoms with Gasteiger partial charge in [0.05, 0.1) is 24.1 Å². The number of rotatable bonds is 6. The van der Waals surface area contributed by atoms with Crippen molar-refractivity contribution in [2.24, 2.45) is 0 Å². The zero-order valence-electron chi connectivity index (χ0n) is 22.1. The third-order valence-electron chi connectivity index (χ3n) is 7.62. The molecule has 0 atom stereocenters. The van der Waals surface area contributed by atoms with Crippen LogP contribution in [-0.2, 0) is 6.54 Å². The third-order valence-corrected chi connectivity index (χ3v) is 7.62. The van der Waals surface area contributed by atoms with Gasteiger partial charge >= 0.3 is 5.69 Å². The molecule has 1 saturated heterocycles. The fourth-order valence-corrected chi connectivity index (χ4v) is 5.37. The largest absolute Gasteiger partial charge is 0.328 e. The molecule has 0 radical (unpaired) electrons. The standard InChI is InChI=1S/C30H33N7O/c1-20(2)24-6-4-5-7-25(24)28-31-18-27-29(33-28)36(30(38)32-27)19-21-8-10-23(11-9-21)37-17-14-26(34-37)22-12-15-35(3)16-13-22/h4-11,14,17-18,20,22H,12-13,15-16,19H2,1-3H3,(H,32,38). The first-order valence-corrected chi connectivity index (χ1v) is 13.3. The molecule has 38 heavy (non-hydrogen) atoms. The Morgan fingerprint density at radius 2 is 1.79 bits per heavy atom. The monoisotopic (exact) mass is 507 g/mol. The predicted molar refractivity (Wildman–Crippen MR) is 150 cm³/mol. The maximum Gasteiger partial charge on any atom is 0.328 e. The second-order valence-corrected chi connectivity index (χ2v) is 10.6. The number of benzene rings is 2. The van der Waals surface area contributed by atoms with Crippen LogP contribution in [0, 0.1) is 0 Å². The number of imidazole rings is 1. The number of H-pyrrole nitrogens is 1. The highest BCUT2D eigenvalue weighted by molar-refractivity contribution is 5.73. The Bertz CT molecular complexity index is 1620. The Morgan fingerprint density at radius 3 is 2.55 bits per heavy atom. The molecule has 1 aliphatic heterocycles. The van der Waals surface area contributed by atoms with Crippen molar-refractivity contribution < 1.29 is 0 Å². The third kappa shape index (κ3) is 4.67. The molecule has 2 aromatic carbocycles. The van der Waals surface area contributed by atoms with E-state index in [-0.39, 0.29) is 5.69 Å². The van der Waals surface area contributed by atoms with E-state index in [1.807, 2.05) is 41.2 Å². The number of hydrogen-bond acceptors (Lipinski definition) is 5. The van der Waals surface area contributed by atoms with E-state index < -0.39 is 0 Å². The second kappa shape index (κ2) is 10.0. The van der Waals surface area contributed by atoms with Crippen molar-refractivity contribution in [2.45, 2.75) is 45.1 Å². The Balaban J connectivity index is 1.25. The summed E-state index contributed by atoms with van der Waals surface area (Å²) >= 11 is 0. The molecule has 4 heterocycles. The van der Waals surface area contributed by atoms with Crippen molar-refractivity contribution in [3.63, 3.8) is 0 Å². The van der Waals surface area contributed by atoms with Gasteiger partial charge in [-0.25, -0.2) is 19.4 Å². The van der Waals surface area contributed by atoms with E-state index in [1.54, 1.807) is 10.8 Å². The summed E-state index contributed by atoms with van der Waals surface area (Å²) in [5.41, 5.74) is 6.42. The van der Waals surface area contributed by atoms with Gasteiger partial charge in [0.2, 0.25) is 0 Å². The first kappa shape index (κ1) is 24.3. The minimum atomic E-state index is -0.192. The lowest BCUT2D eigenvalue weighted by atomic mass is 9.94. The van der Waals surface area contributed by atoms with Gasteiger partial charge < -0.3 is 9.88 Å². The van der Waals surface area contributed by atoms with Crippen molar-refractivity contribution >= 4 is 11.2 Å². The zero-order valence-corrected chi connectivity index (χ0v) is 22.1. The molecule has 8 nitrogen and oxygen atoms in total. The molecule has 0 amide bonds. The highest BCUT2D eigenvalue weighted by atomic mass is 16.1. The number of fused-ring (bicyclic) bond motifs is 1. The Hall–Kier alpha value is -4.04. The van der Waals surface area contributed by atoms with Crippen molar-refractivity contribution in [2.75, 3.05) is 20.1 Å². The van der Waals surface area contributed by atoms with Crippen LogP contribution >= 0.6 is 0 Å². The quantitative estimate of drug-likeness (QED) is 0.351. The number of aromatic amines is 1. The molecule has 0 bridgehead atoms. The number of piperidine rings is 1. The van der Waals surface area contributed by atoms with E-state index in [0.717, 1.165) is 42.7 Å². The summed E-state index contributed by atoms with van der Waals surface area (Å²) < 4.78 is 3.63. The predicted octanol–water partition coefficient (Wildman–Crippen LogP) is 4.95. The molecule has 1 aliphatic rings. The summed E-state index contributed by atoms with van der Waals surface area (Å²) in [7, 11) is 2.18. The molecule has 3 aromatic heterocycles. The van der Waals surface area contributed by atoms with Crippen LogP contribution in [0.2, 0.25) is 0 Å². The summed E-state index contributed by atoms with van der Waals surface area (Å²) in [5.74, 6) is 1.50. The van der Waals surface area contributed by atoms with Crippen LogP contribution in [0.1, 0.15) is 55.3 Å². The number of likely N-dealkylation sites (tertiary alicyclic amines) is 1. The Labute approximate surface area is 222 Å². The van der Waals surface area contributed by atoms with E-state index >= 15 is 0 Å². The van der Waals surface area contributed by atoms with Gasteiger partial charge in [-0.3, -0.25) is 4.57 Å². The average Bonchev–Trinajstić information content (AvgIpc) is 3.54. The van der Waals surface area contributed by atoms with E-state index in [4.69, 9.17) is 10.1 Å². The molecule has 194 valence electrons. The maximum absolute atomic E-state index is 12.9. The van der Waals surface area contributed by atoms with Gasteiger partial charge in [-0.2, -0.15) is 5.10 Å². The molecule has 1 fully saturated rings. The van der Waals surface area contributed by atoms with E-state index in [2.05, 4.69) is 60.0 Å². The number of nitrogens with zero attached hydrogens (tertiary/aromatic N) is 6. The van der Waals surface area contributed by atoms with Gasteiger partial charge in [-0.05, 0) is 68.2 Å². The Morgan fingerprint density at radius 1 is 1.03 bits per heavy atom. The van der Waals surface area contributed by atoms with Crippen LogP contribution in [0.5, 0.6) is 0 Å². The summed E-state index contributed by atoms with van der Waals surface area (Å²) in [4.78, 5) is 27.5. The fourth-order valence-electron chi connectivity index (χ4n) is 5.37. The fraction of sp³-hybridized carbons (Fsp3) is 0.333. The molecule has 0 spiro atoms. The minimum absolute atomic E-state index is 0.192. The van der Waals surface area contributed by atoms with Crippen LogP contribution in [-0.4, -0.2) is 54.3 Å². The van der Waals surface area contributed by atoms with Crippen LogP contribution in [0.3, 0.4) is 0 Å².